The molecule has 2 amide bonds. The topological polar surface area (TPSA) is 58.6 Å². The molecule has 5 nitrogen and oxygen atoms in total. The molecule has 1 aromatic rings. The minimum Gasteiger partial charge on any atom is -0.378 e. The maximum atomic E-state index is 13.5. The number of carbonyl (C=O) groups excluding carboxylic acids is 2. The molecule has 1 saturated heterocycles. The lowest BCUT2D eigenvalue weighted by atomic mass is 10.1. The van der Waals surface area contributed by atoms with Gasteiger partial charge in [-0.2, -0.15) is 0 Å². The van der Waals surface area contributed by atoms with Gasteiger partial charge in [-0.1, -0.05) is 18.2 Å². The first kappa shape index (κ1) is 15.4. The number of halogens is 1. The van der Waals surface area contributed by atoms with E-state index >= 15 is 0 Å². The number of nitrogens with one attached hydrogen (secondary N) is 1. The summed E-state index contributed by atoms with van der Waals surface area (Å²) in [5, 5.41) is 2.62. The number of ether oxygens (including phenoxy) is 1. The molecular weight excluding hydrogens is 275 g/mol. The predicted molar refractivity (Wildman–Crippen MR) is 75.1 cm³/mol. The zero-order chi connectivity index (χ0) is 15.2. The number of hydrogen-bond acceptors (Lipinski definition) is 3. The highest BCUT2D eigenvalue weighted by molar-refractivity contribution is 5.88. The van der Waals surface area contributed by atoms with Gasteiger partial charge in [0.2, 0.25) is 11.8 Å². The van der Waals surface area contributed by atoms with Gasteiger partial charge >= 0.3 is 0 Å². The van der Waals surface area contributed by atoms with Crippen molar-refractivity contribution in [3.63, 3.8) is 0 Å². The van der Waals surface area contributed by atoms with Crippen LogP contribution in [0.5, 0.6) is 0 Å². The molecule has 1 aliphatic heterocycles. The first-order valence-electron chi connectivity index (χ1n) is 6.97. The summed E-state index contributed by atoms with van der Waals surface area (Å²) in [4.78, 5) is 25.7. The Balaban J connectivity index is 1.87. The van der Waals surface area contributed by atoms with Crippen molar-refractivity contribution in [3.8, 4) is 0 Å². The lowest BCUT2D eigenvalue weighted by molar-refractivity contribution is -0.139. The van der Waals surface area contributed by atoms with E-state index in [0.717, 1.165) is 0 Å². The molecule has 0 bridgehead atoms. The summed E-state index contributed by atoms with van der Waals surface area (Å²) in [7, 11) is 0. The van der Waals surface area contributed by atoms with Crippen molar-refractivity contribution < 1.29 is 18.7 Å². The Hall–Kier alpha value is -1.95. The van der Waals surface area contributed by atoms with Crippen LogP contribution in [-0.2, 0) is 20.7 Å². The second-order valence-electron chi connectivity index (χ2n) is 5.00. The van der Waals surface area contributed by atoms with Crippen LogP contribution in [0.3, 0.4) is 0 Å². The Kier molecular flexibility index (Phi) is 5.27. The highest BCUT2D eigenvalue weighted by atomic mass is 19.1. The lowest BCUT2D eigenvalue weighted by Crippen LogP contribution is -2.50. The van der Waals surface area contributed by atoms with Gasteiger partial charge in [0.1, 0.15) is 11.9 Å². The van der Waals surface area contributed by atoms with Crippen LogP contribution in [0.25, 0.3) is 0 Å². The van der Waals surface area contributed by atoms with Crippen molar-refractivity contribution >= 4 is 11.8 Å². The van der Waals surface area contributed by atoms with Crippen molar-refractivity contribution in [3.05, 3.63) is 35.6 Å². The number of amides is 2. The lowest BCUT2D eigenvalue weighted by Gasteiger charge is -2.29. The minimum atomic E-state index is -0.623. The van der Waals surface area contributed by atoms with Gasteiger partial charge in [-0.25, -0.2) is 4.39 Å². The smallest absolute Gasteiger partial charge is 0.245 e. The molecule has 2 rings (SSSR count). The van der Waals surface area contributed by atoms with Crippen molar-refractivity contribution in [1.82, 2.24) is 10.2 Å². The number of morpholine rings is 1. The van der Waals surface area contributed by atoms with Gasteiger partial charge in [-0.05, 0) is 18.6 Å². The summed E-state index contributed by atoms with van der Waals surface area (Å²) in [5.41, 5.74) is 0.320. The van der Waals surface area contributed by atoms with Gasteiger partial charge in [0.25, 0.3) is 0 Å². The highest BCUT2D eigenvalue weighted by Gasteiger charge is 2.23. The van der Waals surface area contributed by atoms with Crippen LogP contribution in [0.2, 0.25) is 0 Å². The fourth-order valence-corrected chi connectivity index (χ4v) is 2.23. The van der Waals surface area contributed by atoms with Gasteiger partial charge in [-0.3, -0.25) is 9.59 Å². The van der Waals surface area contributed by atoms with E-state index in [0.29, 0.717) is 31.9 Å². The van der Waals surface area contributed by atoms with Gasteiger partial charge in [0, 0.05) is 13.1 Å². The van der Waals surface area contributed by atoms with Crippen LogP contribution in [0.4, 0.5) is 4.39 Å². The summed E-state index contributed by atoms with van der Waals surface area (Å²) in [6.45, 7) is 3.74. The minimum absolute atomic E-state index is 0.0760. The molecular formula is C15H19FN2O3. The number of nitrogens with zero attached hydrogens (tertiary/aromatic N) is 1. The monoisotopic (exact) mass is 294 g/mol. The molecule has 1 atom stereocenters. The average molecular weight is 294 g/mol. The summed E-state index contributed by atoms with van der Waals surface area (Å²) in [6, 6.07) is 5.49. The van der Waals surface area contributed by atoms with Crippen molar-refractivity contribution in [2.24, 2.45) is 0 Å². The molecule has 1 aliphatic rings. The Morgan fingerprint density at radius 2 is 2.00 bits per heavy atom. The number of benzene rings is 1. The van der Waals surface area contributed by atoms with Gasteiger partial charge in [0.05, 0.1) is 19.6 Å². The van der Waals surface area contributed by atoms with E-state index in [2.05, 4.69) is 5.32 Å². The van der Waals surface area contributed by atoms with E-state index in [-0.39, 0.29) is 18.2 Å². The van der Waals surface area contributed by atoms with E-state index in [9.17, 15) is 14.0 Å². The number of rotatable bonds is 4. The van der Waals surface area contributed by atoms with E-state index in [1.54, 1.807) is 30.0 Å². The van der Waals surface area contributed by atoms with E-state index < -0.39 is 11.9 Å². The van der Waals surface area contributed by atoms with Crippen LogP contribution in [-0.4, -0.2) is 49.1 Å². The Bertz CT molecular complexity index is 515. The molecule has 6 heteroatoms. The van der Waals surface area contributed by atoms with Gasteiger partial charge < -0.3 is 15.0 Å². The molecule has 1 N–H and O–H groups in total. The molecule has 1 aromatic carbocycles. The molecule has 0 aliphatic carbocycles. The molecule has 114 valence electrons. The largest absolute Gasteiger partial charge is 0.378 e. The van der Waals surface area contributed by atoms with Crippen LogP contribution >= 0.6 is 0 Å². The van der Waals surface area contributed by atoms with Gasteiger partial charge in [-0.15, -0.1) is 0 Å². The second-order valence-corrected chi connectivity index (χ2v) is 5.00. The van der Waals surface area contributed by atoms with Crippen molar-refractivity contribution in [2.45, 2.75) is 19.4 Å². The summed E-state index contributed by atoms with van der Waals surface area (Å²) in [5.74, 6) is -0.922. The second kappa shape index (κ2) is 7.17. The van der Waals surface area contributed by atoms with E-state index in [1.807, 2.05) is 0 Å². The summed E-state index contributed by atoms with van der Waals surface area (Å²) >= 11 is 0. The Morgan fingerprint density at radius 1 is 1.33 bits per heavy atom. The fourth-order valence-electron chi connectivity index (χ4n) is 2.23. The predicted octanol–water partition coefficient (Wildman–Crippen LogP) is 0.732. The first-order valence-corrected chi connectivity index (χ1v) is 6.97. The standard InChI is InChI=1S/C15H19FN2O3/c1-11(15(20)18-6-8-21-9-7-18)17-14(19)10-12-4-2-3-5-13(12)16/h2-5,11H,6-10H2,1H3,(H,17,19)/t11-/m0/s1. The summed E-state index contributed by atoms with van der Waals surface area (Å²) in [6.07, 6.45) is -0.0760. The summed E-state index contributed by atoms with van der Waals surface area (Å²) < 4.78 is 18.6. The quantitative estimate of drug-likeness (QED) is 0.891. The molecule has 0 unspecified atom stereocenters. The van der Waals surface area contributed by atoms with Crippen molar-refractivity contribution in [2.75, 3.05) is 26.3 Å². The van der Waals surface area contributed by atoms with Crippen molar-refractivity contribution in [1.29, 1.82) is 0 Å². The molecule has 0 spiro atoms. The van der Waals surface area contributed by atoms with Crippen LogP contribution < -0.4 is 5.32 Å². The molecule has 1 fully saturated rings. The third kappa shape index (κ3) is 4.26. The van der Waals surface area contributed by atoms with Crippen LogP contribution in [0, 0.1) is 5.82 Å². The normalized spacial score (nSPS) is 16.4. The third-order valence-corrected chi connectivity index (χ3v) is 3.38. The Morgan fingerprint density at radius 3 is 2.67 bits per heavy atom. The third-order valence-electron chi connectivity index (χ3n) is 3.38. The maximum absolute atomic E-state index is 13.5. The van der Waals surface area contributed by atoms with Crippen LogP contribution in [0.1, 0.15) is 12.5 Å². The SMILES string of the molecule is C[C@H](NC(=O)Cc1ccccc1F)C(=O)N1CCOCC1. The Labute approximate surface area is 123 Å². The molecule has 0 radical (unpaired) electrons. The zero-order valence-corrected chi connectivity index (χ0v) is 12.0. The number of hydrogen-bond donors (Lipinski definition) is 1. The molecule has 0 saturated carbocycles. The van der Waals surface area contributed by atoms with E-state index in [1.165, 1.54) is 6.07 Å². The average Bonchev–Trinajstić information content (AvgIpc) is 2.49. The molecule has 1 heterocycles. The maximum Gasteiger partial charge on any atom is 0.245 e. The van der Waals surface area contributed by atoms with Crippen LogP contribution in [0.15, 0.2) is 24.3 Å². The zero-order valence-electron chi connectivity index (χ0n) is 12.0. The first-order chi connectivity index (χ1) is 10.1. The number of carbonyl (C=O) groups is 2. The molecule has 0 aromatic heterocycles. The highest BCUT2D eigenvalue weighted by Crippen LogP contribution is 2.07. The fraction of sp³-hybridized carbons (Fsp3) is 0.467. The van der Waals surface area contributed by atoms with E-state index in [4.69, 9.17) is 4.74 Å². The molecule has 21 heavy (non-hydrogen) atoms. The van der Waals surface area contributed by atoms with Gasteiger partial charge in [0.15, 0.2) is 0 Å².